The van der Waals surface area contributed by atoms with Crippen LogP contribution in [0.25, 0.3) is 11.1 Å². The first-order valence-electron chi connectivity index (χ1n) is 12.8. The number of carbonyl (C=O) groups excluding carboxylic acids is 1. The van der Waals surface area contributed by atoms with E-state index in [9.17, 15) is 14.7 Å². The Morgan fingerprint density at radius 3 is 2.45 bits per heavy atom. The molecule has 8 heteroatoms. The van der Waals surface area contributed by atoms with Gasteiger partial charge in [-0.05, 0) is 73.4 Å². The highest BCUT2D eigenvalue weighted by Crippen LogP contribution is 2.40. The minimum absolute atomic E-state index is 0.161. The van der Waals surface area contributed by atoms with Crippen molar-refractivity contribution in [2.24, 2.45) is 15.3 Å². The Morgan fingerprint density at radius 2 is 1.70 bits per heavy atom. The molecule has 0 bridgehead atoms. The zero-order valence-electron chi connectivity index (χ0n) is 22.4. The van der Waals surface area contributed by atoms with E-state index in [-0.39, 0.29) is 18.1 Å². The van der Waals surface area contributed by atoms with Crippen molar-refractivity contribution in [3.8, 4) is 16.9 Å². The average molecular weight is 533 g/mol. The van der Waals surface area contributed by atoms with Crippen LogP contribution in [0.2, 0.25) is 0 Å². The number of carboxylic acids is 1. The van der Waals surface area contributed by atoms with E-state index in [4.69, 9.17) is 4.74 Å². The molecule has 1 unspecified atom stereocenters. The van der Waals surface area contributed by atoms with Gasteiger partial charge in [0.2, 0.25) is 0 Å². The lowest BCUT2D eigenvalue weighted by molar-refractivity contribution is -0.117. The van der Waals surface area contributed by atoms with Crippen LogP contribution in [0.1, 0.15) is 34.0 Å². The van der Waals surface area contributed by atoms with E-state index in [0.29, 0.717) is 34.0 Å². The van der Waals surface area contributed by atoms with Crippen molar-refractivity contribution in [1.29, 1.82) is 0 Å². The van der Waals surface area contributed by atoms with Crippen molar-refractivity contribution < 1.29 is 19.4 Å². The van der Waals surface area contributed by atoms with Crippen molar-refractivity contribution in [3.63, 3.8) is 0 Å². The standard InChI is InChI=1S/C32H28N4O4/c1-20-15-16-26(17-21(20)2)36-31(37)29(22(3)35-36)34-33-28-14-8-13-27(24-11-7-12-25(18-24)32(38)39)30(28)40-19-23-9-5-4-6-10-23/h4-18,29H,19H2,1-3H3,(H,38,39). The van der Waals surface area contributed by atoms with Crippen LogP contribution in [-0.2, 0) is 11.4 Å². The maximum Gasteiger partial charge on any atom is 0.335 e. The topological polar surface area (TPSA) is 104 Å². The van der Waals surface area contributed by atoms with Gasteiger partial charge in [-0.3, -0.25) is 4.79 Å². The molecule has 40 heavy (non-hydrogen) atoms. The summed E-state index contributed by atoms with van der Waals surface area (Å²) in [6, 6.07) is 26.6. The molecule has 0 spiro atoms. The van der Waals surface area contributed by atoms with E-state index >= 15 is 0 Å². The van der Waals surface area contributed by atoms with Gasteiger partial charge in [0, 0.05) is 5.56 Å². The molecule has 0 aliphatic carbocycles. The number of hydrogen-bond donors (Lipinski definition) is 1. The molecular weight excluding hydrogens is 504 g/mol. The number of hydrazone groups is 1. The van der Waals surface area contributed by atoms with Gasteiger partial charge < -0.3 is 9.84 Å². The van der Waals surface area contributed by atoms with Gasteiger partial charge in [0.15, 0.2) is 11.8 Å². The predicted molar refractivity (Wildman–Crippen MR) is 154 cm³/mol. The molecule has 4 aromatic carbocycles. The van der Waals surface area contributed by atoms with Crippen molar-refractivity contribution in [2.45, 2.75) is 33.4 Å². The lowest BCUT2D eigenvalue weighted by Crippen LogP contribution is -2.29. The maximum absolute atomic E-state index is 13.3. The molecule has 200 valence electrons. The van der Waals surface area contributed by atoms with Crippen LogP contribution in [0.5, 0.6) is 5.75 Å². The first kappa shape index (κ1) is 26.5. The lowest BCUT2D eigenvalue weighted by Gasteiger charge is -2.15. The number of hydrogen-bond acceptors (Lipinski definition) is 6. The summed E-state index contributed by atoms with van der Waals surface area (Å²) in [6.07, 6.45) is 0. The van der Waals surface area contributed by atoms with Crippen LogP contribution in [0, 0.1) is 13.8 Å². The zero-order valence-corrected chi connectivity index (χ0v) is 22.4. The van der Waals surface area contributed by atoms with Gasteiger partial charge in [0.1, 0.15) is 12.3 Å². The molecule has 0 aromatic heterocycles. The fourth-order valence-corrected chi connectivity index (χ4v) is 4.38. The van der Waals surface area contributed by atoms with E-state index in [1.807, 2.05) is 74.5 Å². The summed E-state index contributed by atoms with van der Waals surface area (Å²) in [5, 5.41) is 24.2. The van der Waals surface area contributed by atoms with Gasteiger partial charge in [0.25, 0.3) is 5.91 Å². The van der Waals surface area contributed by atoms with E-state index < -0.39 is 12.0 Å². The number of azo groups is 1. The Balaban J connectivity index is 1.49. The third-order valence-electron chi connectivity index (χ3n) is 6.75. The lowest BCUT2D eigenvalue weighted by atomic mass is 10.0. The second-order valence-corrected chi connectivity index (χ2v) is 9.59. The average Bonchev–Trinajstić information content (AvgIpc) is 3.25. The summed E-state index contributed by atoms with van der Waals surface area (Å²) in [4.78, 5) is 24.9. The number of rotatable bonds is 8. The monoisotopic (exact) mass is 532 g/mol. The fraction of sp³-hybridized carbons (Fsp3) is 0.156. The number of carbonyl (C=O) groups is 2. The van der Waals surface area contributed by atoms with Crippen LogP contribution in [0.4, 0.5) is 11.4 Å². The highest BCUT2D eigenvalue weighted by Gasteiger charge is 2.35. The molecule has 1 aliphatic rings. The highest BCUT2D eigenvalue weighted by molar-refractivity contribution is 6.18. The Kier molecular flexibility index (Phi) is 7.50. The van der Waals surface area contributed by atoms with Crippen molar-refractivity contribution in [1.82, 2.24) is 0 Å². The second-order valence-electron chi connectivity index (χ2n) is 9.59. The van der Waals surface area contributed by atoms with Gasteiger partial charge >= 0.3 is 5.97 Å². The van der Waals surface area contributed by atoms with E-state index in [1.165, 1.54) is 11.1 Å². The van der Waals surface area contributed by atoms with E-state index in [2.05, 4.69) is 15.3 Å². The summed E-state index contributed by atoms with van der Waals surface area (Å²) >= 11 is 0. The zero-order chi connectivity index (χ0) is 28.2. The molecular formula is C32H28N4O4. The smallest absolute Gasteiger partial charge is 0.335 e. The summed E-state index contributed by atoms with van der Waals surface area (Å²) in [5.41, 5.74) is 6.26. The fourth-order valence-electron chi connectivity index (χ4n) is 4.38. The number of aromatic carboxylic acids is 1. The molecule has 1 heterocycles. The molecule has 0 radical (unpaired) electrons. The number of aryl methyl sites for hydroxylation is 2. The summed E-state index contributed by atoms with van der Waals surface area (Å²) in [5.74, 6) is -0.877. The molecule has 1 N–H and O–H groups in total. The normalized spacial score (nSPS) is 15.0. The third-order valence-corrected chi connectivity index (χ3v) is 6.75. The molecule has 8 nitrogen and oxygen atoms in total. The largest absolute Gasteiger partial charge is 0.486 e. The van der Waals surface area contributed by atoms with Crippen molar-refractivity contribution >= 4 is 29.0 Å². The van der Waals surface area contributed by atoms with Crippen LogP contribution >= 0.6 is 0 Å². The van der Waals surface area contributed by atoms with Gasteiger partial charge in [-0.1, -0.05) is 60.7 Å². The Labute approximate surface area is 232 Å². The van der Waals surface area contributed by atoms with Crippen LogP contribution in [-0.4, -0.2) is 28.7 Å². The molecule has 0 fully saturated rings. The van der Waals surface area contributed by atoms with Crippen molar-refractivity contribution in [3.05, 3.63) is 113 Å². The molecule has 0 saturated carbocycles. The van der Waals surface area contributed by atoms with Crippen LogP contribution in [0.3, 0.4) is 0 Å². The van der Waals surface area contributed by atoms with Crippen LogP contribution in [0.15, 0.2) is 106 Å². The SMILES string of the molecule is CC1=NN(c2ccc(C)c(C)c2)C(=O)C1N=Nc1cccc(-c2cccc(C(=O)O)c2)c1OCc1ccccc1. The number of ether oxygens (including phenoxy) is 1. The molecule has 0 saturated heterocycles. The highest BCUT2D eigenvalue weighted by atomic mass is 16.5. The quantitative estimate of drug-likeness (QED) is 0.244. The Bertz CT molecular complexity index is 1650. The molecule has 5 rings (SSSR count). The van der Waals surface area contributed by atoms with Gasteiger partial charge in [0.05, 0.1) is 17.0 Å². The van der Waals surface area contributed by atoms with Gasteiger partial charge in [-0.25, -0.2) is 4.79 Å². The summed E-state index contributed by atoms with van der Waals surface area (Å²) in [7, 11) is 0. The number of carboxylic acid groups (broad SMARTS) is 1. The maximum atomic E-state index is 13.3. The summed E-state index contributed by atoms with van der Waals surface area (Å²) in [6.45, 7) is 6.02. The number of nitrogens with zero attached hydrogens (tertiary/aromatic N) is 4. The molecule has 4 aromatic rings. The van der Waals surface area contributed by atoms with Gasteiger partial charge in [-0.15, -0.1) is 0 Å². The molecule has 1 aliphatic heterocycles. The van der Waals surface area contributed by atoms with E-state index in [1.54, 1.807) is 31.2 Å². The third kappa shape index (κ3) is 5.51. The molecule has 1 amide bonds. The van der Waals surface area contributed by atoms with Crippen molar-refractivity contribution in [2.75, 3.05) is 5.01 Å². The first-order chi connectivity index (χ1) is 19.3. The predicted octanol–water partition coefficient (Wildman–Crippen LogP) is 7.12. The first-order valence-corrected chi connectivity index (χ1v) is 12.8. The second kappa shape index (κ2) is 11.3. The van der Waals surface area contributed by atoms with Crippen LogP contribution < -0.4 is 9.75 Å². The minimum Gasteiger partial charge on any atom is -0.486 e. The Morgan fingerprint density at radius 1 is 0.925 bits per heavy atom. The van der Waals surface area contributed by atoms with E-state index in [0.717, 1.165) is 16.7 Å². The number of anilines is 1. The number of benzene rings is 4. The summed E-state index contributed by atoms with van der Waals surface area (Å²) < 4.78 is 6.27. The number of amides is 1. The Hall–Kier alpha value is -5.11. The molecule has 1 atom stereocenters. The minimum atomic E-state index is -1.02. The number of para-hydroxylation sites is 1. The van der Waals surface area contributed by atoms with Gasteiger partial charge in [-0.2, -0.15) is 20.3 Å².